The molecule has 0 saturated heterocycles. The highest BCUT2D eigenvalue weighted by atomic mass is 35.5. The number of nitrogens with zero attached hydrogens (tertiary/aromatic N) is 3. The van der Waals surface area contributed by atoms with Crippen molar-refractivity contribution < 1.29 is 0 Å². The van der Waals surface area contributed by atoms with E-state index in [-0.39, 0.29) is 5.92 Å². The number of benzene rings is 1. The van der Waals surface area contributed by atoms with E-state index in [1.54, 1.807) is 4.52 Å². The van der Waals surface area contributed by atoms with Gasteiger partial charge in [-0.3, -0.25) is 0 Å². The van der Waals surface area contributed by atoms with Crippen LogP contribution in [0.5, 0.6) is 0 Å². The maximum atomic E-state index is 6.51. The molecule has 0 bridgehead atoms. The second-order valence-electron chi connectivity index (χ2n) is 5.72. The van der Waals surface area contributed by atoms with Crippen LogP contribution in [0, 0.1) is 6.92 Å². The Labute approximate surface area is 139 Å². The van der Waals surface area contributed by atoms with Gasteiger partial charge in [0.1, 0.15) is 10.3 Å². The van der Waals surface area contributed by atoms with Crippen LogP contribution < -0.4 is 0 Å². The Morgan fingerprint density at radius 1 is 1.14 bits per heavy atom. The minimum atomic E-state index is 0.193. The molecule has 0 atom stereocenters. The van der Waals surface area contributed by atoms with E-state index in [0.29, 0.717) is 10.3 Å². The molecule has 22 heavy (non-hydrogen) atoms. The summed E-state index contributed by atoms with van der Waals surface area (Å²) in [6, 6.07) is 10.2. The first-order chi connectivity index (χ1) is 10.5. The summed E-state index contributed by atoms with van der Waals surface area (Å²) in [7, 11) is 0. The molecule has 0 amide bonds. The lowest BCUT2D eigenvalue weighted by molar-refractivity contribution is 0.818. The monoisotopic (exact) mass is 333 g/mol. The molecule has 0 saturated carbocycles. The van der Waals surface area contributed by atoms with E-state index >= 15 is 0 Å². The molecule has 0 aliphatic carbocycles. The predicted octanol–water partition coefficient (Wildman–Crippen LogP) is 5.06. The molecule has 3 aromatic rings. The fourth-order valence-corrected chi connectivity index (χ4v) is 3.50. The summed E-state index contributed by atoms with van der Waals surface area (Å²) < 4.78 is 1.70. The quantitative estimate of drug-likeness (QED) is 0.627. The fourth-order valence-electron chi connectivity index (χ4n) is 2.63. The highest BCUT2D eigenvalue weighted by molar-refractivity contribution is 6.35. The molecule has 0 spiro atoms. The van der Waals surface area contributed by atoms with Gasteiger partial charge in [-0.05, 0) is 18.4 Å². The molecule has 2 heterocycles. The van der Waals surface area contributed by atoms with Gasteiger partial charge in [0.15, 0.2) is 5.65 Å². The Morgan fingerprint density at radius 3 is 2.45 bits per heavy atom. The molecule has 2 aromatic heterocycles. The van der Waals surface area contributed by atoms with Crippen LogP contribution in [0.1, 0.15) is 42.1 Å². The Morgan fingerprint density at radius 2 is 1.82 bits per heavy atom. The number of aromatic nitrogens is 3. The minimum absolute atomic E-state index is 0.193. The van der Waals surface area contributed by atoms with Gasteiger partial charge in [0.05, 0.1) is 5.69 Å². The Kier molecular flexibility index (Phi) is 4.11. The maximum Gasteiger partial charge on any atom is 0.162 e. The van der Waals surface area contributed by atoms with Gasteiger partial charge >= 0.3 is 0 Å². The first-order valence-electron chi connectivity index (χ1n) is 7.26. The highest BCUT2D eigenvalue weighted by Gasteiger charge is 2.20. The Bertz CT molecular complexity index is 823. The third kappa shape index (κ3) is 2.59. The maximum absolute atomic E-state index is 6.51. The van der Waals surface area contributed by atoms with E-state index < -0.39 is 0 Å². The zero-order valence-electron chi connectivity index (χ0n) is 12.8. The van der Waals surface area contributed by atoms with Crippen LogP contribution in [0.3, 0.4) is 0 Å². The SMILES string of the molecule is Cc1nn2c(Cl)c(C(C)C)c(Cl)nc2c1Cc1ccccc1. The summed E-state index contributed by atoms with van der Waals surface area (Å²) >= 11 is 12.9. The van der Waals surface area contributed by atoms with Crippen LogP contribution in [0.25, 0.3) is 5.65 Å². The smallest absolute Gasteiger partial charge is 0.162 e. The lowest BCUT2D eigenvalue weighted by Crippen LogP contribution is -2.02. The Hall–Kier alpha value is -1.58. The van der Waals surface area contributed by atoms with Gasteiger partial charge in [0.2, 0.25) is 0 Å². The van der Waals surface area contributed by atoms with Crippen molar-refractivity contribution in [3.63, 3.8) is 0 Å². The van der Waals surface area contributed by atoms with E-state index in [1.165, 1.54) is 5.56 Å². The number of aryl methyl sites for hydroxylation is 1. The van der Waals surface area contributed by atoms with E-state index in [1.807, 2.05) is 39.0 Å². The molecule has 114 valence electrons. The fraction of sp³-hybridized carbons (Fsp3) is 0.294. The van der Waals surface area contributed by atoms with E-state index in [0.717, 1.165) is 28.9 Å². The number of rotatable bonds is 3. The number of fused-ring (bicyclic) bond motifs is 1. The first-order valence-corrected chi connectivity index (χ1v) is 8.01. The van der Waals surface area contributed by atoms with E-state index in [9.17, 15) is 0 Å². The zero-order chi connectivity index (χ0) is 15.9. The summed E-state index contributed by atoms with van der Waals surface area (Å²) in [5, 5.41) is 5.56. The summed E-state index contributed by atoms with van der Waals surface area (Å²) in [5.74, 6) is 0.193. The minimum Gasteiger partial charge on any atom is -0.216 e. The molecular formula is C17H17Cl2N3. The lowest BCUT2D eigenvalue weighted by atomic mass is 10.1. The molecule has 1 aromatic carbocycles. The van der Waals surface area contributed by atoms with Gasteiger partial charge in [-0.1, -0.05) is 67.4 Å². The molecule has 0 N–H and O–H groups in total. The van der Waals surface area contributed by atoms with Crippen molar-refractivity contribution in [1.29, 1.82) is 0 Å². The molecule has 0 unspecified atom stereocenters. The van der Waals surface area contributed by atoms with Crippen molar-refractivity contribution in [2.45, 2.75) is 33.1 Å². The lowest BCUT2D eigenvalue weighted by Gasteiger charge is -2.11. The van der Waals surface area contributed by atoms with Gasteiger partial charge in [-0.25, -0.2) is 9.50 Å². The van der Waals surface area contributed by atoms with Crippen molar-refractivity contribution in [2.75, 3.05) is 0 Å². The molecule has 0 radical (unpaired) electrons. The summed E-state index contributed by atoms with van der Waals surface area (Å²) in [6.07, 6.45) is 0.761. The molecule has 3 rings (SSSR count). The summed E-state index contributed by atoms with van der Waals surface area (Å²) in [4.78, 5) is 4.56. The van der Waals surface area contributed by atoms with Gasteiger partial charge < -0.3 is 0 Å². The first kappa shape index (κ1) is 15.3. The van der Waals surface area contributed by atoms with Crippen LogP contribution in [-0.4, -0.2) is 14.6 Å². The van der Waals surface area contributed by atoms with Gasteiger partial charge in [0.25, 0.3) is 0 Å². The average Bonchev–Trinajstić information content (AvgIpc) is 2.77. The zero-order valence-corrected chi connectivity index (χ0v) is 14.3. The van der Waals surface area contributed by atoms with Crippen LogP contribution in [0.4, 0.5) is 0 Å². The molecule has 3 nitrogen and oxygen atoms in total. The second-order valence-corrected chi connectivity index (χ2v) is 6.44. The van der Waals surface area contributed by atoms with Gasteiger partial charge in [-0.15, -0.1) is 0 Å². The Balaban J connectivity index is 2.18. The van der Waals surface area contributed by atoms with Crippen LogP contribution >= 0.6 is 23.2 Å². The molecular weight excluding hydrogens is 317 g/mol. The van der Waals surface area contributed by atoms with Crippen LogP contribution in [-0.2, 0) is 6.42 Å². The van der Waals surface area contributed by atoms with Crippen molar-refractivity contribution in [2.24, 2.45) is 0 Å². The third-order valence-corrected chi connectivity index (χ3v) is 4.44. The summed E-state index contributed by atoms with van der Waals surface area (Å²) in [5.41, 5.74) is 4.77. The third-order valence-electron chi connectivity index (χ3n) is 3.79. The second kappa shape index (κ2) is 5.90. The largest absolute Gasteiger partial charge is 0.216 e. The molecule has 0 aliphatic rings. The normalized spacial score (nSPS) is 11.5. The summed E-state index contributed by atoms with van der Waals surface area (Å²) in [6.45, 7) is 6.07. The van der Waals surface area contributed by atoms with Gasteiger partial charge in [0, 0.05) is 17.5 Å². The molecule has 0 fully saturated rings. The number of halogens is 2. The average molecular weight is 334 g/mol. The topological polar surface area (TPSA) is 30.2 Å². The predicted molar refractivity (Wildman–Crippen MR) is 91.1 cm³/mol. The van der Waals surface area contributed by atoms with Crippen molar-refractivity contribution >= 4 is 28.8 Å². The number of hydrogen-bond acceptors (Lipinski definition) is 2. The van der Waals surface area contributed by atoms with E-state index in [2.05, 4.69) is 22.2 Å². The van der Waals surface area contributed by atoms with Crippen LogP contribution in [0.2, 0.25) is 10.3 Å². The number of hydrogen-bond donors (Lipinski definition) is 0. The molecule has 0 aliphatic heterocycles. The standard InChI is InChI=1S/C17H17Cl2N3/c1-10(2)14-15(18)20-17-13(9-12-7-5-4-6-8-12)11(3)21-22(17)16(14)19/h4-8,10H,9H2,1-3H3. The van der Waals surface area contributed by atoms with E-state index in [4.69, 9.17) is 23.2 Å². The van der Waals surface area contributed by atoms with Crippen molar-refractivity contribution in [1.82, 2.24) is 14.6 Å². The van der Waals surface area contributed by atoms with Crippen molar-refractivity contribution in [3.05, 3.63) is 63.0 Å². The highest BCUT2D eigenvalue weighted by Crippen LogP contribution is 2.32. The van der Waals surface area contributed by atoms with Crippen molar-refractivity contribution in [3.8, 4) is 0 Å². The van der Waals surface area contributed by atoms with Crippen LogP contribution in [0.15, 0.2) is 30.3 Å². The molecule has 5 heteroatoms. The van der Waals surface area contributed by atoms with Gasteiger partial charge in [-0.2, -0.15) is 5.10 Å².